The number of hydrogen-bond acceptors (Lipinski definition) is 7. The Labute approximate surface area is 141 Å². The van der Waals surface area contributed by atoms with E-state index in [4.69, 9.17) is 9.47 Å². The summed E-state index contributed by atoms with van der Waals surface area (Å²) >= 11 is 2.98. The molecule has 0 fully saturated rings. The first kappa shape index (κ1) is 15.8. The molecule has 0 aliphatic carbocycles. The molecule has 1 aromatic heterocycles. The van der Waals surface area contributed by atoms with Crippen molar-refractivity contribution in [1.82, 2.24) is 10.2 Å². The Kier molecular flexibility index (Phi) is 4.82. The Morgan fingerprint density at radius 2 is 2.17 bits per heavy atom. The van der Waals surface area contributed by atoms with E-state index >= 15 is 0 Å². The van der Waals surface area contributed by atoms with Crippen molar-refractivity contribution in [3.63, 3.8) is 0 Å². The quantitative estimate of drug-likeness (QED) is 0.506. The van der Waals surface area contributed by atoms with Crippen LogP contribution >= 0.6 is 23.1 Å². The van der Waals surface area contributed by atoms with Gasteiger partial charge in [0.15, 0.2) is 15.8 Å². The van der Waals surface area contributed by atoms with E-state index in [1.54, 1.807) is 17.8 Å². The van der Waals surface area contributed by atoms with Crippen LogP contribution in [0.5, 0.6) is 11.5 Å². The molecule has 2 aromatic rings. The van der Waals surface area contributed by atoms with Gasteiger partial charge in [0.05, 0.1) is 0 Å². The lowest BCUT2D eigenvalue weighted by atomic mass is 10.2. The molecular formula is C15H15N3O3S2. The second-order valence-electron chi connectivity index (χ2n) is 4.98. The molecule has 0 unspecified atom stereocenters. The average Bonchev–Trinajstić information content (AvgIpc) is 3.13. The summed E-state index contributed by atoms with van der Waals surface area (Å²) in [5.41, 5.74) is 0.859. The number of amides is 1. The second kappa shape index (κ2) is 7.01. The zero-order valence-corrected chi connectivity index (χ0v) is 14.2. The molecule has 2 heterocycles. The van der Waals surface area contributed by atoms with Gasteiger partial charge in [-0.25, -0.2) is 0 Å². The molecule has 6 nitrogen and oxygen atoms in total. The Morgan fingerprint density at radius 3 is 3.00 bits per heavy atom. The molecule has 120 valence electrons. The number of anilines is 1. The van der Waals surface area contributed by atoms with Crippen molar-refractivity contribution in [2.75, 3.05) is 12.1 Å². The fourth-order valence-electron chi connectivity index (χ4n) is 1.85. The molecule has 0 atom stereocenters. The normalized spacial score (nSPS) is 13.0. The van der Waals surface area contributed by atoms with E-state index in [1.165, 1.54) is 17.4 Å². The van der Waals surface area contributed by atoms with Crippen LogP contribution in [0.2, 0.25) is 0 Å². The summed E-state index contributed by atoms with van der Waals surface area (Å²) in [7, 11) is 0. The lowest BCUT2D eigenvalue weighted by Crippen LogP contribution is -2.07. The average molecular weight is 349 g/mol. The molecule has 1 amide bonds. The lowest BCUT2D eigenvalue weighted by Gasteiger charge is -1.98. The van der Waals surface area contributed by atoms with Crippen molar-refractivity contribution < 1.29 is 14.3 Å². The fourth-order valence-corrected chi connectivity index (χ4v) is 3.82. The van der Waals surface area contributed by atoms with Crippen LogP contribution in [0.15, 0.2) is 28.6 Å². The Balaban J connectivity index is 1.59. The SMILES string of the molecule is CC(C)Sc1nnc(NC(=O)/C=C/c2ccc3c(c2)OCO3)s1. The molecule has 0 bridgehead atoms. The predicted molar refractivity (Wildman–Crippen MR) is 91.1 cm³/mol. The summed E-state index contributed by atoms with van der Waals surface area (Å²) in [5, 5.41) is 11.6. The van der Waals surface area contributed by atoms with Gasteiger partial charge in [-0.05, 0) is 23.8 Å². The van der Waals surface area contributed by atoms with Gasteiger partial charge in [-0.3, -0.25) is 10.1 Å². The monoisotopic (exact) mass is 349 g/mol. The highest BCUT2D eigenvalue weighted by molar-refractivity contribution is 8.01. The molecule has 1 aromatic carbocycles. The topological polar surface area (TPSA) is 73.3 Å². The van der Waals surface area contributed by atoms with Crippen LogP contribution in [0.1, 0.15) is 19.4 Å². The van der Waals surface area contributed by atoms with Crippen molar-refractivity contribution >= 4 is 40.2 Å². The van der Waals surface area contributed by atoms with E-state index in [0.29, 0.717) is 16.1 Å². The van der Waals surface area contributed by atoms with E-state index in [9.17, 15) is 4.79 Å². The molecule has 1 N–H and O–H groups in total. The first-order valence-electron chi connectivity index (χ1n) is 6.99. The van der Waals surface area contributed by atoms with E-state index in [2.05, 4.69) is 29.4 Å². The number of benzene rings is 1. The van der Waals surface area contributed by atoms with Crippen LogP contribution in [-0.2, 0) is 4.79 Å². The van der Waals surface area contributed by atoms with Crippen molar-refractivity contribution in [3.05, 3.63) is 29.8 Å². The van der Waals surface area contributed by atoms with Crippen LogP contribution in [0, 0.1) is 0 Å². The molecule has 0 radical (unpaired) electrons. The summed E-state index contributed by atoms with van der Waals surface area (Å²) in [6.45, 7) is 4.40. The number of carbonyl (C=O) groups is 1. The number of thioether (sulfide) groups is 1. The maximum Gasteiger partial charge on any atom is 0.250 e. The zero-order valence-electron chi connectivity index (χ0n) is 12.6. The summed E-state index contributed by atoms with van der Waals surface area (Å²) < 4.78 is 11.4. The standard InChI is InChI=1S/C15H15N3O3S2/c1-9(2)22-15-18-17-14(23-15)16-13(19)6-4-10-3-5-11-12(7-10)21-8-20-11/h3-7,9H,8H2,1-2H3,(H,16,17,19)/b6-4+. The number of carbonyl (C=O) groups excluding carboxylic acids is 1. The fraction of sp³-hybridized carbons (Fsp3) is 0.267. The van der Waals surface area contributed by atoms with Gasteiger partial charge in [-0.1, -0.05) is 43.0 Å². The van der Waals surface area contributed by atoms with Gasteiger partial charge in [0.2, 0.25) is 17.8 Å². The van der Waals surface area contributed by atoms with Gasteiger partial charge in [0.25, 0.3) is 0 Å². The summed E-state index contributed by atoms with van der Waals surface area (Å²) in [6.07, 6.45) is 3.16. The van der Waals surface area contributed by atoms with Gasteiger partial charge < -0.3 is 9.47 Å². The number of hydrogen-bond donors (Lipinski definition) is 1. The second-order valence-corrected chi connectivity index (χ2v) is 7.78. The van der Waals surface area contributed by atoms with E-state index in [0.717, 1.165) is 15.7 Å². The van der Waals surface area contributed by atoms with Crippen molar-refractivity contribution in [1.29, 1.82) is 0 Å². The molecule has 1 aliphatic heterocycles. The van der Waals surface area contributed by atoms with Crippen LogP contribution in [0.3, 0.4) is 0 Å². The van der Waals surface area contributed by atoms with Gasteiger partial charge in [0, 0.05) is 11.3 Å². The number of nitrogens with zero attached hydrogens (tertiary/aromatic N) is 2. The minimum Gasteiger partial charge on any atom is -0.454 e. The maximum atomic E-state index is 11.9. The van der Waals surface area contributed by atoms with Gasteiger partial charge in [-0.15, -0.1) is 10.2 Å². The van der Waals surface area contributed by atoms with Crippen molar-refractivity contribution in [3.8, 4) is 11.5 Å². The minimum absolute atomic E-state index is 0.233. The molecule has 0 saturated carbocycles. The molecule has 3 rings (SSSR count). The van der Waals surface area contributed by atoms with E-state index in [-0.39, 0.29) is 12.7 Å². The molecule has 0 spiro atoms. The number of ether oxygens (including phenoxy) is 2. The lowest BCUT2D eigenvalue weighted by molar-refractivity contribution is -0.111. The smallest absolute Gasteiger partial charge is 0.250 e. The van der Waals surface area contributed by atoms with Crippen LogP contribution in [0.25, 0.3) is 6.08 Å². The maximum absolute atomic E-state index is 11.9. The minimum atomic E-state index is -0.250. The number of aromatic nitrogens is 2. The van der Waals surface area contributed by atoms with Gasteiger partial charge >= 0.3 is 0 Å². The Morgan fingerprint density at radius 1 is 1.35 bits per heavy atom. The third-order valence-electron chi connectivity index (χ3n) is 2.80. The van der Waals surface area contributed by atoms with Crippen molar-refractivity contribution in [2.45, 2.75) is 23.4 Å². The van der Waals surface area contributed by atoms with E-state index < -0.39 is 0 Å². The summed E-state index contributed by atoms with van der Waals surface area (Å²) in [6, 6.07) is 5.51. The summed E-state index contributed by atoms with van der Waals surface area (Å²) in [5.74, 6) is 1.16. The highest BCUT2D eigenvalue weighted by atomic mass is 32.2. The van der Waals surface area contributed by atoms with Crippen LogP contribution in [-0.4, -0.2) is 28.1 Å². The third kappa shape index (κ3) is 4.23. The largest absolute Gasteiger partial charge is 0.454 e. The molecule has 8 heteroatoms. The highest BCUT2D eigenvalue weighted by Gasteiger charge is 2.12. The van der Waals surface area contributed by atoms with Gasteiger partial charge in [-0.2, -0.15) is 0 Å². The number of rotatable bonds is 5. The first-order chi connectivity index (χ1) is 11.1. The third-order valence-corrected chi connectivity index (χ3v) is 4.72. The highest BCUT2D eigenvalue weighted by Crippen LogP contribution is 2.33. The molecule has 23 heavy (non-hydrogen) atoms. The first-order valence-corrected chi connectivity index (χ1v) is 8.68. The Hall–Kier alpha value is -2.06. The summed E-state index contributed by atoms with van der Waals surface area (Å²) in [4.78, 5) is 11.9. The van der Waals surface area contributed by atoms with Crippen LogP contribution < -0.4 is 14.8 Å². The molecule has 0 saturated heterocycles. The Bertz CT molecular complexity index is 743. The number of nitrogens with one attached hydrogen (secondary N) is 1. The van der Waals surface area contributed by atoms with Gasteiger partial charge in [0.1, 0.15) is 0 Å². The van der Waals surface area contributed by atoms with Crippen LogP contribution in [0.4, 0.5) is 5.13 Å². The number of fused-ring (bicyclic) bond motifs is 1. The van der Waals surface area contributed by atoms with Crippen molar-refractivity contribution in [2.24, 2.45) is 0 Å². The molecular weight excluding hydrogens is 334 g/mol. The zero-order chi connectivity index (χ0) is 16.2. The molecule has 1 aliphatic rings. The van der Waals surface area contributed by atoms with E-state index in [1.807, 2.05) is 18.2 Å². The predicted octanol–water partition coefficient (Wildman–Crippen LogP) is 3.42.